The van der Waals surface area contributed by atoms with Gasteiger partial charge in [0.05, 0.1) is 0 Å². The Morgan fingerprint density at radius 1 is 0.731 bits per heavy atom. The molecule has 0 aromatic heterocycles. The molecule has 2 aromatic rings. The lowest BCUT2D eigenvalue weighted by atomic mass is 9.88. The summed E-state index contributed by atoms with van der Waals surface area (Å²) in [5.74, 6) is 2.51. The largest absolute Gasteiger partial charge is 0.457 e. The zero-order valence-corrected chi connectivity index (χ0v) is 15.8. The Morgan fingerprint density at radius 3 is 2.00 bits per heavy atom. The SMILES string of the molecule is CN1CCC(N2CCC(c3ccc(Oc4ccccc4)cc3)CC2)CC1. The molecule has 2 aliphatic heterocycles. The quantitative estimate of drug-likeness (QED) is 0.791. The van der Waals surface area contributed by atoms with Crippen LogP contribution in [0.4, 0.5) is 0 Å². The van der Waals surface area contributed by atoms with Crippen LogP contribution in [0.15, 0.2) is 54.6 Å². The highest BCUT2D eigenvalue weighted by Crippen LogP contribution is 2.32. The lowest BCUT2D eigenvalue weighted by Crippen LogP contribution is -2.46. The van der Waals surface area contributed by atoms with Gasteiger partial charge in [-0.1, -0.05) is 30.3 Å². The van der Waals surface area contributed by atoms with Gasteiger partial charge in [-0.3, -0.25) is 0 Å². The van der Waals surface area contributed by atoms with Crippen LogP contribution < -0.4 is 4.74 Å². The number of likely N-dealkylation sites (tertiary alicyclic amines) is 2. The molecule has 2 aromatic carbocycles. The van der Waals surface area contributed by atoms with Crippen LogP contribution in [-0.2, 0) is 0 Å². The molecule has 3 heteroatoms. The predicted octanol–water partition coefficient (Wildman–Crippen LogP) is 4.75. The van der Waals surface area contributed by atoms with Crippen molar-refractivity contribution < 1.29 is 4.74 Å². The zero-order valence-electron chi connectivity index (χ0n) is 15.8. The van der Waals surface area contributed by atoms with Crippen LogP contribution in [0.5, 0.6) is 11.5 Å². The molecule has 0 unspecified atom stereocenters. The van der Waals surface area contributed by atoms with Crippen LogP contribution >= 0.6 is 0 Å². The molecule has 26 heavy (non-hydrogen) atoms. The van der Waals surface area contributed by atoms with Crippen molar-refractivity contribution >= 4 is 0 Å². The Labute approximate surface area is 157 Å². The Bertz CT molecular complexity index is 669. The van der Waals surface area contributed by atoms with E-state index in [2.05, 4.69) is 41.1 Å². The third-order valence-electron chi connectivity index (χ3n) is 6.06. The van der Waals surface area contributed by atoms with E-state index in [1.54, 1.807) is 0 Å². The highest BCUT2D eigenvalue weighted by atomic mass is 16.5. The van der Waals surface area contributed by atoms with Crippen LogP contribution in [0.3, 0.4) is 0 Å². The van der Waals surface area contributed by atoms with Crippen molar-refractivity contribution in [3.63, 3.8) is 0 Å². The second kappa shape index (κ2) is 8.24. The highest BCUT2D eigenvalue weighted by molar-refractivity contribution is 5.34. The number of rotatable bonds is 4. The molecule has 3 nitrogen and oxygen atoms in total. The monoisotopic (exact) mass is 350 g/mol. The predicted molar refractivity (Wildman–Crippen MR) is 107 cm³/mol. The molecule has 0 aliphatic carbocycles. The molecule has 2 saturated heterocycles. The first-order chi connectivity index (χ1) is 12.8. The van der Waals surface area contributed by atoms with Crippen molar-refractivity contribution in [3.05, 3.63) is 60.2 Å². The number of hydrogen-bond donors (Lipinski definition) is 0. The fourth-order valence-electron chi connectivity index (χ4n) is 4.39. The average molecular weight is 351 g/mol. The number of benzene rings is 2. The Kier molecular flexibility index (Phi) is 5.57. The van der Waals surface area contributed by atoms with E-state index in [1.165, 1.54) is 57.4 Å². The summed E-state index contributed by atoms with van der Waals surface area (Å²) in [6.45, 7) is 5.02. The lowest BCUT2D eigenvalue weighted by molar-refractivity contribution is 0.0966. The molecule has 0 spiro atoms. The van der Waals surface area contributed by atoms with Crippen molar-refractivity contribution in [2.24, 2.45) is 0 Å². The maximum atomic E-state index is 5.91. The molecule has 138 valence electrons. The first kappa shape index (κ1) is 17.6. The van der Waals surface area contributed by atoms with Gasteiger partial charge in [0, 0.05) is 6.04 Å². The molecule has 0 saturated carbocycles. The molecule has 2 fully saturated rings. The van der Waals surface area contributed by atoms with Crippen molar-refractivity contribution in [3.8, 4) is 11.5 Å². The third kappa shape index (κ3) is 4.28. The number of ether oxygens (including phenoxy) is 1. The summed E-state index contributed by atoms with van der Waals surface area (Å²) < 4.78 is 5.91. The summed E-state index contributed by atoms with van der Waals surface area (Å²) in [5, 5.41) is 0. The minimum absolute atomic E-state index is 0.697. The molecule has 2 aliphatic rings. The molecular formula is C23H30N2O. The molecule has 0 atom stereocenters. The Morgan fingerprint density at radius 2 is 1.35 bits per heavy atom. The molecule has 0 N–H and O–H groups in total. The maximum Gasteiger partial charge on any atom is 0.127 e. The van der Waals surface area contributed by atoms with Crippen LogP contribution in [-0.4, -0.2) is 49.1 Å². The van der Waals surface area contributed by atoms with E-state index < -0.39 is 0 Å². The number of para-hydroxylation sites is 1. The van der Waals surface area contributed by atoms with Gasteiger partial charge in [0.25, 0.3) is 0 Å². The van der Waals surface area contributed by atoms with Crippen molar-refractivity contribution in [2.75, 3.05) is 33.2 Å². The topological polar surface area (TPSA) is 15.7 Å². The van der Waals surface area contributed by atoms with Crippen LogP contribution in [0.25, 0.3) is 0 Å². The number of nitrogens with zero attached hydrogens (tertiary/aromatic N) is 2. The van der Waals surface area contributed by atoms with E-state index in [1.807, 2.05) is 30.3 Å². The molecule has 2 heterocycles. The molecule has 4 rings (SSSR count). The highest BCUT2D eigenvalue weighted by Gasteiger charge is 2.27. The second-order valence-corrected chi connectivity index (χ2v) is 7.83. The summed E-state index contributed by atoms with van der Waals surface area (Å²) in [7, 11) is 2.24. The minimum atomic E-state index is 0.697. The fraction of sp³-hybridized carbons (Fsp3) is 0.478. The minimum Gasteiger partial charge on any atom is -0.457 e. The van der Waals surface area contributed by atoms with Gasteiger partial charge in [0.1, 0.15) is 11.5 Å². The van der Waals surface area contributed by atoms with Gasteiger partial charge in [-0.25, -0.2) is 0 Å². The van der Waals surface area contributed by atoms with E-state index in [0.29, 0.717) is 5.92 Å². The third-order valence-corrected chi connectivity index (χ3v) is 6.06. The summed E-state index contributed by atoms with van der Waals surface area (Å²) in [5.41, 5.74) is 1.47. The lowest BCUT2D eigenvalue weighted by Gasteiger charge is -2.41. The van der Waals surface area contributed by atoms with E-state index >= 15 is 0 Å². The van der Waals surface area contributed by atoms with Gasteiger partial charge in [-0.2, -0.15) is 0 Å². The fourth-order valence-corrected chi connectivity index (χ4v) is 4.39. The normalized spacial score (nSPS) is 21.0. The summed E-state index contributed by atoms with van der Waals surface area (Å²) >= 11 is 0. The first-order valence-electron chi connectivity index (χ1n) is 10.0. The van der Waals surface area contributed by atoms with Gasteiger partial charge in [0.2, 0.25) is 0 Å². The molecule has 0 bridgehead atoms. The number of piperidine rings is 2. The summed E-state index contributed by atoms with van der Waals surface area (Å²) in [4.78, 5) is 5.21. The Balaban J connectivity index is 1.30. The summed E-state index contributed by atoms with van der Waals surface area (Å²) in [6, 6.07) is 19.6. The molecular weight excluding hydrogens is 320 g/mol. The molecule has 0 amide bonds. The first-order valence-corrected chi connectivity index (χ1v) is 10.0. The van der Waals surface area contributed by atoms with Crippen LogP contribution in [0.2, 0.25) is 0 Å². The van der Waals surface area contributed by atoms with Gasteiger partial charge < -0.3 is 14.5 Å². The van der Waals surface area contributed by atoms with Gasteiger partial charge in [-0.15, -0.1) is 0 Å². The average Bonchev–Trinajstić information content (AvgIpc) is 2.70. The Hall–Kier alpha value is -1.84. The second-order valence-electron chi connectivity index (χ2n) is 7.83. The van der Waals surface area contributed by atoms with E-state index in [0.717, 1.165) is 17.5 Å². The molecule has 0 radical (unpaired) electrons. The van der Waals surface area contributed by atoms with E-state index in [-0.39, 0.29) is 0 Å². The van der Waals surface area contributed by atoms with Crippen molar-refractivity contribution in [1.82, 2.24) is 9.80 Å². The summed E-state index contributed by atoms with van der Waals surface area (Å²) in [6.07, 6.45) is 5.25. The van der Waals surface area contributed by atoms with Crippen LogP contribution in [0.1, 0.15) is 37.2 Å². The number of hydrogen-bond acceptors (Lipinski definition) is 3. The maximum absolute atomic E-state index is 5.91. The van der Waals surface area contributed by atoms with Crippen molar-refractivity contribution in [1.29, 1.82) is 0 Å². The smallest absolute Gasteiger partial charge is 0.127 e. The van der Waals surface area contributed by atoms with Crippen molar-refractivity contribution in [2.45, 2.75) is 37.6 Å². The van der Waals surface area contributed by atoms with E-state index in [4.69, 9.17) is 4.74 Å². The van der Waals surface area contributed by atoms with Gasteiger partial charge >= 0.3 is 0 Å². The zero-order chi connectivity index (χ0) is 17.8. The van der Waals surface area contributed by atoms with E-state index in [9.17, 15) is 0 Å². The van der Waals surface area contributed by atoms with Crippen LogP contribution in [0, 0.1) is 0 Å². The standard InChI is InChI=1S/C23H30N2O/c1-24-15-13-21(14-16-24)25-17-11-20(12-18-25)19-7-9-23(10-8-19)26-22-5-3-2-4-6-22/h2-10,20-21H,11-18H2,1H3. The van der Waals surface area contributed by atoms with Gasteiger partial charge in [0.15, 0.2) is 0 Å². The van der Waals surface area contributed by atoms with Gasteiger partial charge in [-0.05, 0) is 94.7 Å².